The van der Waals surface area contributed by atoms with E-state index >= 15 is 0 Å². The molecule has 0 amide bonds. The molecule has 0 aromatic heterocycles. The molecule has 0 spiro atoms. The van der Waals surface area contributed by atoms with E-state index in [9.17, 15) is 0 Å². The molecule has 0 saturated heterocycles. The van der Waals surface area contributed by atoms with E-state index in [1.807, 2.05) is 13.8 Å². The summed E-state index contributed by atoms with van der Waals surface area (Å²) in [6, 6.07) is 0. The van der Waals surface area contributed by atoms with Gasteiger partial charge in [-0.1, -0.05) is 27.7 Å². The molecule has 0 bridgehead atoms. The van der Waals surface area contributed by atoms with Crippen molar-refractivity contribution in [3.63, 3.8) is 0 Å². The minimum absolute atomic E-state index is 0.879. The summed E-state index contributed by atoms with van der Waals surface area (Å²) in [5.41, 5.74) is 0. The van der Waals surface area contributed by atoms with Crippen molar-refractivity contribution in [2.75, 3.05) is 33.4 Å². The molecular weight excluding hydrogens is 162 g/mol. The maximum atomic E-state index is 5.36. The van der Waals surface area contributed by atoms with Crippen LogP contribution < -0.4 is 0 Å². The fourth-order valence-corrected chi connectivity index (χ4v) is 0.960. The number of hydrogen-bond acceptors (Lipinski definition) is 2. The molecule has 0 atom stereocenters. The van der Waals surface area contributed by atoms with Gasteiger partial charge in [0, 0.05) is 13.2 Å². The molecule has 0 radical (unpaired) electrons. The van der Waals surface area contributed by atoms with Crippen LogP contribution in [0.2, 0.25) is 0 Å². The van der Waals surface area contributed by atoms with Crippen molar-refractivity contribution in [3.8, 4) is 0 Å². The van der Waals surface area contributed by atoms with Crippen molar-refractivity contribution in [2.45, 2.75) is 40.5 Å². The summed E-state index contributed by atoms with van der Waals surface area (Å²) in [4.78, 5) is 2.30. The molecule has 0 fully saturated rings. The topological polar surface area (TPSA) is 12.5 Å². The fourth-order valence-electron chi connectivity index (χ4n) is 0.960. The van der Waals surface area contributed by atoms with Crippen LogP contribution in [0.4, 0.5) is 0 Å². The van der Waals surface area contributed by atoms with Crippen LogP contribution in [-0.4, -0.2) is 38.3 Å². The summed E-state index contributed by atoms with van der Waals surface area (Å²) in [6.45, 7) is 12.4. The van der Waals surface area contributed by atoms with Gasteiger partial charge >= 0.3 is 0 Å². The van der Waals surface area contributed by atoms with E-state index in [-0.39, 0.29) is 0 Å². The molecule has 0 aromatic carbocycles. The third kappa shape index (κ3) is 14.7. The fraction of sp³-hybridized carbons (Fsp3) is 1.00. The molecule has 0 N–H and O–H groups in total. The van der Waals surface area contributed by atoms with Crippen LogP contribution in [-0.2, 0) is 4.74 Å². The van der Waals surface area contributed by atoms with E-state index in [1.54, 1.807) is 0 Å². The highest BCUT2D eigenvalue weighted by atomic mass is 16.5. The predicted octanol–water partition coefficient (Wildman–Crippen LogP) is 2.78. The molecule has 2 heteroatoms. The van der Waals surface area contributed by atoms with Gasteiger partial charge in [0.05, 0.1) is 6.61 Å². The SMILES string of the molecule is CC.CCCOCCN(C)CCC. The zero-order valence-corrected chi connectivity index (χ0v) is 10.1. The Kier molecular flexibility index (Phi) is 17.1. The average Bonchev–Trinajstić information content (AvgIpc) is 2.16. The molecule has 0 rings (SSSR count). The van der Waals surface area contributed by atoms with Crippen LogP contribution in [0.25, 0.3) is 0 Å². The minimum atomic E-state index is 0.879. The molecule has 0 aliphatic carbocycles. The second-order valence-electron chi connectivity index (χ2n) is 2.92. The van der Waals surface area contributed by atoms with Gasteiger partial charge in [-0.2, -0.15) is 0 Å². The van der Waals surface area contributed by atoms with Crippen molar-refractivity contribution in [3.05, 3.63) is 0 Å². The third-order valence-corrected chi connectivity index (χ3v) is 1.57. The summed E-state index contributed by atoms with van der Waals surface area (Å²) in [7, 11) is 2.14. The lowest BCUT2D eigenvalue weighted by atomic mass is 10.4. The second-order valence-corrected chi connectivity index (χ2v) is 2.92. The zero-order valence-electron chi connectivity index (χ0n) is 10.1. The lowest BCUT2D eigenvalue weighted by molar-refractivity contribution is 0.112. The molecule has 0 unspecified atom stereocenters. The predicted molar refractivity (Wildman–Crippen MR) is 60.2 cm³/mol. The van der Waals surface area contributed by atoms with Crippen LogP contribution in [0, 0.1) is 0 Å². The number of nitrogens with zero attached hydrogens (tertiary/aromatic N) is 1. The summed E-state index contributed by atoms with van der Waals surface area (Å²) >= 11 is 0. The average molecular weight is 189 g/mol. The van der Waals surface area contributed by atoms with E-state index < -0.39 is 0 Å². The Morgan fingerprint density at radius 1 is 0.923 bits per heavy atom. The van der Waals surface area contributed by atoms with Crippen molar-refractivity contribution in [1.29, 1.82) is 0 Å². The van der Waals surface area contributed by atoms with Crippen molar-refractivity contribution in [2.24, 2.45) is 0 Å². The Hall–Kier alpha value is -0.0800. The molecule has 82 valence electrons. The van der Waals surface area contributed by atoms with E-state index in [0.29, 0.717) is 0 Å². The lowest BCUT2D eigenvalue weighted by Crippen LogP contribution is -2.23. The first-order valence-electron chi connectivity index (χ1n) is 5.57. The van der Waals surface area contributed by atoms with Gasteiger partial charge in [-0.05, 0) is 26.4 Å². The van der Waals surface area contributed by atoms with Crippen LogP contribution in [0.1, 0.15) is 40.5 Å². The van der Waals surface area contributed by atoms with Gasteiger partial charge < -0.3 is 9.64 Å². The van der Waals surface area contributed by atoms with E-state index in [0.717, 1.165) is 26.2 Å². The maximum absolute atomic E-state index is 5.36. The first-order valence-corrected chi connectivity index (χ1v) is 5.57. The van der Waals surface area contributed by atoms with E-state index in [2.05, 4.69) is 25.8 Å². The monoisotopic (exact) mass is 189 g/mol. The first-order chi connectivity index (χ1) is 6.31. The maximum Gasteiger partial charge on any atom is 0.0593 e. The smallest absolute Gasteiger partial charge is 0.0593 e. The van der Waals surface area contributed by atoms with Gasteiger partial charge in [0.1, 0.15) is 0 Å². The molecule has 2 nitrogen and oxygen atoms in total. The number of hydrogen-bond donors (Lipinski definition) is 0. The quantitative estimate of drug-likeness (QED) is 0.571. The van der Waals surface area contributed by atoms with E-state index in [4.69, 9.17) is 4.74 Å². The van der Waals surface area contributed by atoms with E-state index in [1.165, 1.54) is 13.0 Å². The van der Waals surface area contributed by atoms with Gasteiger partial charge in [-0.3, -0.25) is 0 Å². The van der Waals surface area contributed by atoms with Crippen molar-refractivity contribution in [1.82, 2.24) is 4.90 Å². The van der Waals surface area contributed by atoms with Gasteiger partial charge in [0.25, 0.3) is 0 Å². The number of likely N-dealkylation sites (N-methyl/N-ethyl adjacent to an activating group) is 1. The lowest BCUT2D eigenvalue weighted by Gasteiger charge is -2.14. The Labute approximate surface area is 84.3 Å². The normalized spacial score (nSPS) is 9.69. The van der Waals surface area contributed by atoms with Crippen LogP contribution in [0.15, 0.2) is 0 Å². The summed E-state index contributed by atoms with van der Waals surface area (Å²) in [5, 5.41) is 0. The van der Waals surface area contributed by atoms with Gasteiger partial charge in [0.15, 0.2) is 0 Å². The molecule has 0 heterocycles. The third-order valence-electron chi connectivity index (χ3n) is 1.57. The minimum Gasteiger partial charge on any atom is -0.380 e. The van der Waals surface area contributed by atoms with Crippen LogP contribution >= 0.6 is 0 Å². The molecule has 0 saturated carbocycles. The summed E-state index contributed by atoms with van der Waals surface area (Å²) in [6.07, 6.45) is 2.35. The Bertz CT molecular complexity index is 76.5. The molecule has 13 heavy (non-hydrogen) atoms. The summed E-state index contributed by atoms with van der Waals surface area (Å²) in [5.74, 6) is 0. The molecule has 0 aromatic rings. The van der Waals surface area contributed by atoms with Crippen molar-refractivity contribution < 1.29 is 4.74 Å². The largest absolute Gasteiger partial charge is 0.380 e. The van der Waals surface area contributed by atoms with Crippen LogP contribution in [0.5, 0.6) is 0 Å². The Morgan fingerprint density at radius 3 is 2.00 bits per heavy atom. The number of rotatable bonds is 7. The van der Waals surface area contributed by atoms with Crippen molar-refractivity contribution >= 4 is 0 Å². The second kappa shape index (κ2) is 14.4. The van der Waals surface area contributed by atoms with Crippen LogP contribution in [0.3, 0.4) is 0 Å². The van der Waals surface area contributed by atoms with Gasteiger partial charge in [0.2, 0.25) is 0 Å². The highest BCUT2D eigenvalue weighted by molar-refractivity contribution is 4.47. The highest BCUT2D eigenvalue weighted by Crippen LogP contribution is 1.87. The highest BCUT2D eigenvalue weighted by Gasteiger charge is 1.94. The summed E-state index contributed by atoms with van der Waals surface area (Å²) < 4.78 is 5.36. The molecular formula is C11H27NO. The standard InChI is InChI=1S/C9H21NO.C2H6/c1-4-6-10(3)7-9-11-8-5-2;1-2/h4-9H2,1-3H3;1-2H3. The van der Waals surface area contributed by atoms with Gasteiger partial charge in [-0.25, -0.2) is 0 Å². The molecule has 0 aliphatic heterocycles. The van der Waals surface area contributed by atoms with Gasteiger partial charge in [-0.15, -0.1) is 0 Å². The Balaban J connectivity index is 0. The first kappa shape index (κ1) is 15.4. The number of ether oxygens (including phenoxy) is 1. The zero-order chi connectivity index (χ0) is 10.5. The molecule has 0 aliphatic rings. The Morgan fingerprint density at radius 2 is 1.54 bits per heavy atom.